The fourth-order valence-corrected chi connectivity index (χ4v) is 8.55. The monoisotopic (exact) mass is 729 g/mol. The first-order chi connectivity index (χ1) is 28.2. The molecule has 0 aliphatic carbocycles. The Hall–Kier alpha value is -7.83. The predicted octanol–water partition coefficient (Wildman–Crippen LogP) is 13.0. The first-order valence-corrected chi connectivity index (χ1v) is 19.1. The molecule has 12 rings (SSSR count). The zero-order chi connectivity index (χ0) is 37.5. The number of benzene rings is 8. The highest BCUT2D eigenvalue weighted by atomic mass is 16.3. The molecule has 0 saturated heterocycles. The summed E-state index contributed by atoms with van der Waals surface area (Å²) < 4.78 is 11.1. The van der Waals surface area contributed by atoms with Crippen molar-refractivity contribution in [1.82, 2.24) is 24.1 Å². The van der Waals surface area contributed by atoms with Crippen LogP contribution in [0.25, 0.3) is 111 Å². The SMILES string of the molecule is c1ccc(-c2ccc3c(c2)c2ccccc2n3-c2nc(-c3ccccc3)nc(-c3ccc4c(c3)oc3ccc(-n5c6ccccc6c6ccccc65)cc34)n2)cc1. The summed E-state index contributed by atoms with van der Waals surface area (Å²) in [7, 11) is 0. The van der Waals surface area contributed by atoms with Crippen molar-refractivity contribution in [3.63, 3.8) is 0 Å². The smallest absolute Gasteiger partial charge is 0.238 e. The molecule has 8 aromatic carbocycles. The first kappa shape index (κ1) is 31.5. The Labute approximate surface area is 326 Å². The van der Waals surface area contributed by atoms with E-state index in [9.17, 15) is 0 Å². The second kappa shape index (κ2) is 12.3. The summed E-state index contributed by atoms with van der Waals surface area (Å²) >= 11 is 0. The molecule has 0 aliphatic heterocycles. The molecule has 266 valence electrons. The first-order valence-electron chi connectivity index (χ1n) is 19.1. The van der Waals surface area contributed by atoms with E-state index in [1.165, 1.54) is 27.4 Å². The van der Waals surface area contributed by atoms with Crippen molar-refractivity contribution in [2.75, 3.05) is 0 Å². The van der Waals surface area contributed by atoms with E-state index < -0.39 is 0 Å². The van der Waals surface area contributed by atoms with Crippen LogP contribution >= 0.6 is 0 Å². The summed E-state index contributed by atoms with van der Waals surface area (Å²) in [6, 6.07) is 65.6. The van der Waals surface area contributed by atoms with Gasteiger partial charge in [0.15, 0.2) is 11.6 Å². The molecule has 0 bridgehead atoms. The van der Waals surface area contributed by atoms with Crippen LogP contribution in [0.4, 0.5) is 0 Å². The maximum absolute atomic E-state index is 6.56. The van der Waals surface area contributed by atoms with E-state index >= 15 is 0 Å². The molecule has 12 aromatic rings. The lowest BCUT2D eigenvalue weighted by Gasteiger charge is -2.11. The van der Waals surface area contributed by atoms with Gasteiger partial charge in [-0.3, -0.25) is 4.57 Å². The molecular weight excluding hydrogens is 699 g/mol. The Bertz CT molecular complexity index is 3470. The van der Waals surface area contributed by atoms with E-state index in [0.717, 1.165) is 66.1 Å². The molecule has 4 heterocycles. The largest absolute Gasteiger partial charge is 0.456 e. The summed E-state index contributed by atoms with van der Waals surface area (Å²) in [5.41, 5.74) is 11.2. The number of rotatable bonds is 5. The van der Waals surface area contributed by atoms with Crippen molar-refractivity contribution in [3.8, 4) is 45.5 Å². The number of para-hydroxylation sites is 3. The van der Waals surface area contributed by atoms with Crippen LogP contribution in [0, 0.1) is 0 Å². The summed E-state index contributed by atoms with van der Waals surface area (Å²) in [4.78, 5) is 15.4. The minimum atomic E-state index is 0.554. The summed E-state index contributed by atoms with van der Waals surface area (Å²) in [6.07, 6.45) is 0. The fraction of sp³-hybridized carbons (Fsp3) is 0. The Kier molecular flexibility index (Phi) is 6.83. The van der Waals surface area contributed by atoms with Gasteiger partial charge < -0.3 is 8.98 Å². The average Bonchev–Trinajstić information content (AvgIpc) is 3.93. The summed E-state index contributed by atoms with van der Waals surface area (Å²) in [5, 5.41) is 6.83. The summed E-state index contributed by atoms with van der Waals surface area (Å²) in [5.74, 6) is 1.72. The van der Waals surface area contributed by atoms with Crippen molar-refractivity contribution in [2.24, 2.45) is 0 Å². The molecule has 6 nitrogen and oxygen atoms in total. The lowest BCUT2D eigenvalue weighted by Crippen LogP contribution is -2.06. The minimum Gasteiger partial charge on any atom is -0.456 e. The second-order valence-corrected chi connectivity index (χ2v) is 14.5. The van der Waals surface area contributed by atoms with Crippen LogP contribution in [-0.4, -0.2) is 24.1 Å². The van der Waals surface area contributed by atoms with Crippen molar-refractivity contribution < 1.29 is 4.42 Å². The maximum atomic E-state index is 6.56. The van der Waals surface area contributed by atoms with Gasteiger partial charge in [0.05, 0.1) is 22.1 Å². The second-order valence-electron chi connectivity index (χ2n) is 14.5. The lowest BCUT2D eigenvalue weighted by molar-refractivity contribution is 0.669. The Balaban J connectivity index is 1.03. The number of aromatic nitrogens is 5. The Morgan fingerprint density at radius 2 is 0.877 bits per heavy atom. The third kappa shape index (κ3) is 4.94. The highest BCUT2D eigenvalue weighted by Crippen LogP contribution is 2.38. The van der Waals surface area contributed by atoms with Crippen molar-refractivity contribution >= 4 is 65.6 Å². The normalized spacial score (nSPS) is 11.9. The van der Waals surface area contributed by atoms with Crippen molar-refractivity contribution in [3.05, 3.63) is 188 Å². The minimum absolute atomic E-state index is 0.554. The molecule has 0 radical (unpaired) electrons. The Morgan fingerprint density at radius 3 is 1.58 bits per heavy atom. The predicted molar refractivity (Wildman–Crippen MR) is 232 cm³/mol. The standard InChI is InChI=1S/C51H31N5O/c1-3-13-32(14-4-1)34-24-27-46-41(29-34)39-19-9-12-22-45(39)56(46)51-53-49(33-15-5-2-6-16-33)52-50(54-51)35-23-26-40-42-31-36(25-28-47(42)57-48(40)30-35)55-43-20-10-7-17-37(43)38-18-8-11-21-44(38)55/h1-31H. The van der Waals surface area contributed by atoms with Crippen molar-refractivity contribution in [2.45, 2.75) is 0 Å². The van der Waals surface area contributed by atoms with Gasteiger partial charge in [0.25, 0.3) is 0 Å². The zero-order valence-electron chi connectivity index (χ0n) is 30.5. The van der Waals surface area contributed by atoms with Gasteiger partial charge in [-0.2, -0.15) is 9.97 Å². The zero-order valence-corrected chi connectivity index (χ0v) is 30.5. The number of fused-ring (bicyclic) bond motifs is 9. The van der Waals surface area contributed by atoms with Gasteiger partial charge in [0.1, 0.15) is 11.2 Å². The maximum Gasteiger partial charge on any atom is 0.238 e. The lowest BCUT2D eigenvalue weighted by atomic mass is 10.0. The molecular formula is C51H31N5O. The van der Waals surface area contributed by atoms with Crippen LogP contribution in [0.5, 0.6) is 0 Å². The molecule has 0 spiro atoms. The van der Waals surface area contributed by atoms with E-state index in [1.807, 2.05) is 36.4 Å². The highest BCUT2D eigenvalue weighted by Gasteiger charge is 2.20. The van der Waals surface area contributed by atoms with E-state index in [2.05, 4.69) is 161 Å². The summed E-state index contributed by atoms with van der Waals surface area (Å²) in [6.45, 7) is 0. The van der Waals surface area contributed by atoms with Crippen LogP contribution in [-0.2, 0) is 0 Å². The topological polar surface area (TPSA) is 61.7 Å². The molecule has 0 saturated carbocycles. The van der Waals surface area contributed by atoms with E-state index in [-0.39, 0.29) is 0 Å². The molecule has 0 unspecified atom stereocenters. The fourth-order valence-electron chi connectivity index (χ4n) is 8.55. The third-order valence-corrected chi connectivity index (χ3v) is 11.2. The van der Waals surface area contributed by atoms with Crippen LogP contribution in [0.1, 0.15) is 0 Å². The van der Waals surface area contributed by atoms with Gasteiger partial charge in [-0.1, -0.05) is 127 Å². The molecule has 0 aliphatic rings. The molecule has 0 amide bonds. The molecule has 6 heteroatoms. The van der Waals surface area contributed by atoms with E-state index in [4.69, 9.17) is 19.4 Å². The highest BCUT2D eigenvalue weighted by molar-refractivity contribution is 6.12. The number of nitrogens with zero attached hydrogens (tertiary/aromatic N) is 5. The van der Waals surface area contributed by atoms with Crippen LogP contribution in [0.15, 0.2) is 192 Å². The number of hydrogen-bond donors (Lipinski definition) is 0. The molecule has 4 aromatic heterocycles. The van der Waals surface area contributed by atoms with Gasteiger partial charge in [-0.25, -0.2) is 4.98 Å². The Morgan fingerprint density at radius 1 is 0.316 bits per heavy atom. The van der Waals surface area contributed by atoms with Gasteiger partial charge in [0.2, 0.25) is 5.95 Å². The van der Waals surface area contributed by atoms with Crippen LogP contribution in [0.3, 0.4) is 0 Å². The van der Waals surface area contributed by atoms with Crippen LogP contribution < -0.4 is 0 Å². The number of hydrogen-bond acceptors (Lipinski definition) is 4. The molecule has 0 atom stereocenters. The van der Waals surface area contributed by atoms with Crippen molar-refractivity contribution in [1.29, 1.82) is 0 Å². The van der Waals surface area contributed by atoms with Gasteiger partial charge in [0, 0.05) is 49.1 Å². The average molecular weight is 730 g/mol. The van der Waals surface area contributed by atoms with Gasteiger partial charge in [-0.05, 0) is 71.8 Å². The molecule has 0 fully saturated rings. The van der Waals surface area contributed by atoms with Crippen LogP contribution in [0.2, 0.25) is 0 Å². The molecule has 57 heavy (non-hydrogen) atoms. The van der Waals surface area contributed by atoms with Gasteiger partial charge in [-0.15, -0.1) is 0 Å². The third-order valence-electron chi connectivity index (χ3n) is 11.2. The van der Waals surface area contributed by atoms with E-state index in [0.29, 0.717) is 17.6 Å². The molecule has 0 N–H and O–H groups in total. The van der Waals surface area contributed by atoms with E-state index in [1.54, 1.807) is 0 Å². The quantitative estimate of drug-likeness (QED) is 0.177. The number of furan rings is 1. The van der Waals surface area contributed by atoms with Gasteiger partial charge >= 0.3 is 0 Å².